The molecular formula is C16H24F3N3. The zero-order chi connectivity index (χ0) is 16.2. The third kappa shape index (κ3) is 4.87. The van der Waals surface area contributed by atoms with Crippen LogP contribution < -0.4 is 4.90 Å². The normalized spacial score (nSPS) is 17.3. The van der Waals surface area contributed by atoms with Crippen LogP contribution in [0.1, 0.15) is 32.3 Å². The molecule has 0 aromatic carbocycles. The minimum Gasteiger partial charge on any atom is -0.354 e. The smallest absolute Gasteiger partial charge is 0.354 e. The number of rotatable bonds is 5. The SMILES string of the molecule is CC(C)CCCN1CCN(c2ccc(C(F)(F)F)cn2)CC1. The van der Waals surface area contributed by atoms with Gasteiger partial charge in [-0.1, -0.05) is 13.8 Å². The minimum absolute atomic E-state index is 0.634. The van der Waals surface area contributed by atoms with E-state index in [9.17, 15) is 13.2 Å². The van der Waals surface area contributed by atoms with Gasteiger partial charge in [-0.25, -0.2) is 4.98 Å². The van der Waals surface area contributed by atoms with Crippen LogP contribution in [-0.4, -0.2) is 42.6 Å². The van der Waals surface area contributed by atoms with E-state index in [1.807, 2.05) is 0 Å². The second-order valence-electron chi connectivity index (χ2n) is 6.27. The first-order valence-electron chi connectivity index (χ1n) is 7.87. The van der Waals surface area contributed by atoms with E-state index < -0.39 is 11.7 Å². The molecule has 0 N–H and O–H groups in total. The summed E-state index contributed by atoms with van der Waals surface area (Å²) >= 11 is 0. The molecule has 0 radical (unpaired) electrons. The van der Waals surface area contributed by atoms with E-state index >= 15 is 0 Å². The number of anilines is 1. The highest BCUT2D eigenvalue weighted by molar-refractivity contribution is 5.40. The lowest BCUT2D eigenvalue weighted by Crippen LogP contribution is -2.47. The van der Waals surface area contributed by atoms with Crippen LogP contribution >= 0.6 is 0 Å². The Morgan fingerprint density at radius 2 is 1.82 bits per heavy atom. The van der Waals surface area contributed by atoms with Gasteiger partial charge in [-0.15, -0.1) is 0 Å². The highest BCUT2D eigenvalue weighted by Crippen LogP contribution is 2.29. The van der Waals surface area contributed by atoms with Crippen LogP contribution in [0.5, 0.6) is 0 Å². The van der Waals surface area contributed by atoms with Crippen molar-refractivity contribution in [3.05, 3.63) is 23.9 Å². The largest absolute Gasteiger partial charge is 0.417 e. The first kappa shape index (κ1) is 17.1. The second kappa shape index (κ2) is 7.31. The first-order chi connectivity index (χ1) is 10.4. The highest BCUT2D eigenvalue weighted by Gasteiger charge is 2.31. The molecular weight excluding hydrogens is 291 g/mol. The third-order valence-corrected chi connectivity index (χ3v) is 4.03. The summed E-state index contributed by atoms with van der Waals surface area (Å²) in [7, 11) is 0. The Labute approximate surface area is 130 Å². The van der Waals surface area contributed by atoms with Crippen LogP contribution in [0.3, 0.4) is 0 Å². The van der Waals surface area contributed by atoms with E-state index in [4.69, 9.17) is 0 Å². The van der Waals surface area contributed by atoms with Crippen molar-refractivity contribution in [2.75, 3.05) is 37.6 Å². The van der Waals surface area contributed by atoms with Crippen molar-refractivity contribution in [1.29, 1.82) is 0 Å². The lowest BCUT2D eigenvalue weighted by atomic mass is 10.1. The molecule has 0 spiro atoms. The van der Waals surface area contributed by atoms with Crippen molar-refractivity contribution >= 4 is 5.82 Å². The number of alkyl halides is 3. The van der Waals surface area contributed by atoms with Crippen molar-refractivity contribution < 1.29 is 13.2 Å². The summed E-state index contributed by atoms with van der Waals surface area (Å²) in [6.07, 6.45) is -0.956. The van der Waals surface area contributed by atoms with E-state index in [1.54, 1.807) is 0 Å². The number of pyridine rings is 1. The van der Waals surface area contributed by atoms with Crippen LogP contribution in [0, 0.1) is 5.92 Å². The molecule has 0 aliphatic carbocycles. The van der Waals surface area contributed by atoms with Gasteiger partial charge in [0.15, 0.2) is 0 Å². The number of nitrogens with zero attached hydrogens (tertiary/aromatic N) is 3. The zero-order valence-corrected chi connectivity index (χ0v) is 13.2. The average molecular weight is 315 g/mol. The van der Waals surface area contributed by atoms with Crippen LogP contribution in [0.15, 0.2) is 18.3 Å². The average Bonchev–Trinajstić information content (AvgIpc) is 2.47. The fourth-order valence-corrected chi connectivity index (χ4v) is 2.66. The van der Waals surface area contributed by atoms with Gasteiger partial charge in [0.05, 0.1) is 5.56 Å². The van der Waals surface area contributed by atoms with Crippen molar-refractivity contribution in [2.45, 2.75) is 32.9 Å². The van der Waals surface area contributed by atoms with E-state index in [-0.39, 0.29) is 0 Å². The molecule has 1 aliphatic rings. The van der Waals surface area contributed by atoms with Crippen molar-refractivity contribution in [3.8, 4) is 0 Å². The van der Waals surface area contributed by atoms with Gasteiger partial charge in [0.1, 0.15) is 5.82 Å². The topological polar surface area (TPSA) is 19.4 Å². The van der Waals surface area contributed by atoms with Gasteiger partial charge in [0.2, 0.25) is 0 Å². The number of hydrogen-bond donors (Lipinski definition) is 0. The van der Waals surface area contributed by atoms with E-state index in [2.05, 4.69) is 28.6 Å². The van der Waals surface area contributed by atoms with Crippen LogP contribution in [0.4, 0.5) is 19.0 Å². The molecule has 6 heteroatoms. The summed E-state index contributed by atoms with van der Waals surface area (Å²) < 4.78 is 37.6. The van der Waals surface area contributed by atoms with E-state index in [0.29, 0.717) is 5.82 Å². The monoisotopic (exact) mass is 315 g/mol. The van der Waals surface area contributed by atoms with Gasteiger partial charge < -0.3 is 4.90 Å². The number of halogens is 3. The van der Waals surface area contributed by atoms with Gasteiger partial charge in [-0.2, -0.15) is 13.2 Å². The Kier molecular flexibility index (Phi) is 5.67. The lowest BCUT2D eigenvalue weighted by Gasteiger charge is -2.35. The maximum absolute atomic E-state index is 12.5. The highest BCUT2D eigenvalue weighted by atomic mass is 19.4. The molecule has 1 aromatic heterocycles. The fourth-order valence-electron chi connectivity index (χ4n) is 2.66. The molecule has 2 heterocycles. The molecule has 0 atom stereocenters. The summed E-state index contributed by atoms with van der Waals surface area (Å²) in [6.45, 7) is 9.09. The van der Waals surface area contributed by atoms with Crippen molar-refractivity contribution in [3.63, 3.8) is 0 Å². The molecule has 124 valence electrons. The second-order valence-corrected chi connectivity index (χ2v) is 6.27. The molecule has 3 nitrogen and oxygen atoms in total. The number of aromatic nitrogens is 1. The third-order valence-electron chi connectivity index (χ3n) is 4.03. The van der Waals surface area contributed by atoms with Gasteiger partial charge >= 0.3 is 6.18 Å². The van der Waals surface area contributed by atoms with Gasteiger partial charge in [-0.05, 0) is 37.4 Å². The van der Waals surface area contributed by atoms with Crippen LogP contribution in [0.25, 0.3) is 0 Å². The molecule has 2 rings (SSSR count). The van der Waals surface area contributed by atoms with Crippen LogP contribution in [-0.2, 0) is 6.18 Å². The molecule has 22 heavy (non-hydrogen) atoms. The maximum atomic E-state index is 12.5. The van der Waals surface area contributed by atoms with E-state index in [0.717, 1.165) is 50.9 Å². The minimum atomic E-state index is -4.32. The number of hydrogen-bond acceptors (Lipinski definition) is 3. The molecule has 1 fully saturated rings. The number of piperazine rings is 1. The van der Waals surface area contributed by atoms with E-state index in [1.165, 1.54) is 18.9 Å². The maximum Gasteiger partial charge on any atom is 0.417 e. The zero-order valence-electron chi connectivity index (χ0n) is 13.2. The Balaban J connectivity index is 1.81. The quantitative estimate of drug-likeness (QED) is 0.826. The molecule has 0 saturated carbocycles. The Morgan fingerprint density at radius 1 is 1.14 bits per heavy atom. The van der Waals surface area contributed by atoms with Crippen LogP contribution in [0.2, 0.25) is 0 Å². The molecule has 1 aliphatic heterocycles. The lowest BCUT2D eigenvalue weighted by molar-refractivity contribution is -0.137. The van der Waals surface area contributed by atoms with Gasteiger partial charge in [0, 0.05) is 32.4 Å². The Hall–Kier alpha value is -1.30. The molecule has 0 bridgehead atoms. The molecule has 1 saturated heterocycles. The first-order valence-corrected chi connectivity index (χ1v) is 7.87. The predicted molar refractivity (Wildman–Crippen MR) is 82.0 cm³/mol. The van der Waals surface area contributed by atoms with Crippen molar-refractivity contribution in [1.82, 2.24) is 9.88 Å². The summed E-state index contributed by atoms with van der Waals surface area (Å²) in [5.74, 6) is 1.37. The Bertz CT molecular complexity index is 449. The molecule has 0 amide bonds. The fraction of sp³-hybridized carbons (Fsp3) is 0.688. The standard InChI is InChI=1S/C16H24F3N3/c1-13(2)4-3-7-21-8-10-22(11-9-21)15-6-5-14(12-20-15)16(17,18)19/h5-6,12-13H,3-4,7-11H2,1-2H3. The van der Waals surface area contributed by atoms with Gasteiger partial charge in [0.25, 0.3) is 0 Å². The Morgan fingerprint density at radius 3 is 2.32 bits per heavy atom. The van der Waals surface area contributed by atoms with Crippen molar-refractivity contribution in [2.24, 2.45) is 5.92 Å². The molecule has 0 unspecified atom stereocenters. The predicted octanol–water partition coefficient (Wildman–Crippen LogP) is 3.66. The van der Waals surface area contributed by atoms with Gasteiger partial charge in [-0.3, -0.25) is 4.90 Å². The summed E-state index contributed by atoms with van der Waals surface area (Å²) in [5, 5.41) is 0. The summed E-state index contributed by atoms with van der Waals surface area (Å²) in [4.78, 5) is 8.44. The summed E-state index contributed by atoms with van der Waals surface area (Å²) in [5.41, 5.74) is -0.691. The molecule has 1 aromatic rings. The summed E-state index contributed by atoms with van der Waals surface area (Å²) in [6, 6.07) is 2.58.